The second-order valence-electron chi connectivity index (χ2n) is 5.21. The molecule has 0 atom stereocenters. The molecule has 3 N–H and O–H groups in total. The molecule has 1 amide bonds. The lowest BCUT2D eigenvalue weighted by Gasteiger charge is -2.09. The molecule has 0 aliphatic carbocycles. The van der Waals surface area contributed by atoms with E-state index in [1.54, 1.807) is 24.3 Å². The lowest BCUT2D eigenvalue weighted by molar-refractivity contribution is -0.121. The molecule has 1 heterocycles. The van der Waals surface area contributed by atoms with E-state index in [1.807, 2.05) is 6.92 Å². The van der Waals surface area contributed by atoms with Crippen molar-refractivity contribution in [2.75, 3.05) is 0 Å². The van der Waals surface area contributed by atoms with E-state index in [9.17, 15) is 19.5 Å². The number of amides is 1. The molecule has 1 aromatic heterocycles. The number of nitrogens with one attached hydrogen (secondary N) is 2. The molecule has 0 radical (unpaired) electrons. The number of hydrogen-bond donors (Lipinski definition) is 3. The van der Waals surface area contributed by atoms with Gasteiger partial charge in [0.1, 0.15) is 5.56 Å². The number of hydrazone groups is 1. The van der Waals surface area contributed by atoms with Gasteiger partial charge in [0.05, 0.1) is 11.9 Å². The van der Waals surface area contributed by atoms with Crippen LogP contribution in [-0.4, -0.2) is 26.8 Å². The zero-order valence-electron chi connectivity index (χ0n) is 13.5. The second kappa shape index (κ2) is 8.60. The predicted octanol–water partition coefficient (Wildman–Crippen LogP) is 1.48. The van der Waals surface area contributed by atoms with Gasteiger partial charge >= 0.3 is 5.69 Å². The molecule has 1 aromatic carbocycles. The number of carbonyl (C=O) groups excluding carboxylic acids is 1. The molecule has 0 unspecified atom stereocenters. The third kappa shape index (κ3) is 4.78. The van der Waals surface area contributed by atoms with Crippen molar-refractivity contribution in [1.82, 2.24) is 15.0 Å². The van der Waals surface area contributed by atoms with Gasteiger partial charge in [-0.3, -0.25) is 14.6 Å². The number of rotatable bonds is 6. The molecule has 2 rings (SSSR count). The van der Waals surface area contributed by atoms with Crippen molar-refractivity contribution in [3.63, 3.8) is 0 Å². The van der Waals surface area contributed by atoms with Crippen LogP contribution < -0.4 is 16.7 Å². The Bertz CT molecular complexity index is 900. The first-order valence-corrected chi connectivity index (χ1v) is 8.68. The maximum atomic E-state index is 12.0. The SMILES string of the molecule is CCCCC(=O)NN=Cc1c(O)n(-c2ccc(I)cc2)c(=O)[nH]c1=O. The molecular formula is C16H17IN4O4. The number of aromatic amines is 1. The van der Waals surface area contributed by atoms with E-state index >= 15 is 0 Å². The van der Waals surface area contributed by atoms with Crippen LogP contribution in [0.25, 0.3) is 5.69 Å². The highest BCUT2D eigenvalue weighted by Crippen LogP contribution is 2.16. The number of benzene rings is 1. The van der Waals surface area contributed by atoms with Gasteiger partial charge in [-0.1, -0.05) is 13.3 Å². The lowest BCUT2D eigenvalue weighted by Crippen LogP contribution is -2.31. The van der Waals surface area contributed by atoms with Crippen LogP contribution in [0.4, 0.5) is 0 Å². The molecule has 0 aliphatic rings. The highest BCUT2D eigenvalue weighted by molar-refractivity contribution is 14.1. The number of nitrogens with zero attached hydrogens (tertiary/aromatic N) is 2. The minimum absolute atomic E-state index is 0.228. The Balaban J connectivity index is 2.35. The van der Waals surface area contributed by atoms with E-state index < -0.39 is 17.1 Å². The summed E-state index contributed by atoms with van der Waals surface area (Å²) in [6, 6.07) is 6.78. The van der Waals surface area contributed by atoms with Gasteiger partial charge in [0.15, 0.2) is 0 Å². The third-order valence-corrected chi connectivity index (χ3v) is 4.07. The number of H-pyrrole nitrogens is 1. The summed E-state index contributed by atoms with van der Waals surface area (Å²) in [6.07, 6.45) is 2.93. The van der Waals surface area contributed by atoms with Crippen LogP contribution in [0, 0.1) is 3.57 Å². The van der Waals surface area contributed by atoms with Crippen molar-refractivity contribution in [3.05, 3.63) is 54.2 Å². The number of aromatic hydroxyl groups is 1. The zero-order chi connectivity index (χ0) is 18.4. The average molecular weight is 456 g/mol. The molecule has 9 heteroatoms. The van der Waals surface area contributed by atoms with Crippen LogP contribution in [0.5, 0.6) is 5.88 Å². The first kappa shape index (κ1) is 18.9. The Hall–Kier alpha value is -2.43. The number of halogens is 1. The summed E-state index contributed by atoms with van der Waals surface area (Å²) in [4.78, 5) is 37.6. The number of unbranched alkanes of at least 4 members (excludes halogenated alkanes) is 1. The molecule has 0 spiro atoms. The molecule has 0 saturated carbocycles. The Morgan fingerprint density at radius 3 is 2.68 bits per heavy atom. The van der Waals surface area contributed by atoms with Crippen LogP contribution in [0.3, 0.4) is 0 Å². The Morgan fingerprint density at radius 1 is 1.36 bits per heavy atom. The molecule has 0 saturated heterocycles. The Kier molecular flexibility index (Phi) is 6.51. The molecule has 0 aliphatic heterocycles. The standard InChI is InChI=1S/C16H17IN4O4/c1-2-3-4-13(22)20-18-9-12-14(23)19-16(25)21(15(12)24)11-7-5-10(17)6-8-11/h5-9,24H,2-4H2,1H3,(H,20,22)(H,19,23,25). The van der Waals surface area contributed by atoms with Crippen molar-refractivity contribution in [2.45, 2.75) is 26.2 Å². The largest absolute Gasteiger partial charge is 0.493 e. The van der Waals surface area contributed by atoms with Crippen molar-refractivity contribution in [2.24, 2.45) is 5.10 Å². The summed E-state index contributed by atoms with van der Waals surface area (Å²) in [5.74, 6) is -0.846. The second-order valence-corrected chi connectivity index (χ2v) is 6.45. The van der Waals surface area contributed by atoms with Crippen LogP contribution in [0.15, 0.2) is 39.0 Å². The van der Waals surface area contributed by atoms with E-state index in [2.05, 4.69) is 38.1 Å². The maximum Gasteiger partial charge on any atom is 0.335 e. The fourth-order valence-corrected chi connectivity index (χ4v) is 2.41. The molecule has 2 aromatic rings. The third-order valence-electron chi connectivity index (χ3n) is 3.35. The van der Waals surface area contributed by atoms with Crippen molar-refractivity contribution >= 4 is 34.7 Å². The Morgan fingerprint density at radius 2 is 2.04 bits per heavy atom. The van der Waals surface area contributed by atoms with Gasteiger partial charge in [-0.15, -0.1) is 0 Å². The Labute approximate surface area is 156 Å². The summed E-state index contributed by atoms with van der Waals surface area (Å²) in [7, 11) is 0. The fraction of sp³-hybridized carbons (Fsp3) is 0.250. The molecule has 132 valence electrons. The summed E-state index contributed by atoms with van der Waals surface area (Å²) in [5, 5.41) is 14.0. The smallest absolute Gasteiger partial charge is 0.335 e. The van der Waals surface area contributed by atoms with Crippen molar-refractivity contribution in [3.8, 4) is 11.6 Å². The van der Waals surface area contributed by atoms with Gasteiger partial charge in [-0.05, 0) is 53.3 Å². The first-order valence-electron chi connectivity index (χ1n) is 7.60. The molecule has 0 fully saturated rings. The molecule has 25 heavy (non-hydrogen) atoms. The van der Waals surface area contributed by atoms with E-state index in [0.717, 1.165) is 27.2 Å². The summed E-state index contributed by atoms with van der Waals surface area (Å²) in [5.41, 5.74) is 0.876. The molecule has 0 bridgehead atoms. The van der Waals surface area contributed by atoms with Crippen molar-refractivity contribution < 1.29 is 9.90 Å². The van der Waals surface area contributed by atoms with E-state index in [0.29, 0.717) is 12.1 Å². The highest BCUT2D eigenvalue weighted by atomic mass is 127. The van der Waals surface area contributed by atoms with Gasteiger partial charge in [-0.2, -0.15) is 5.10 Å². The average Bonchev–Trinajstić information content (AvgIpc) is 2.57. The minimum atomic E-state index is -0.796. The van der Waals surface area contributed by atoms with Crippen LogP contribution in [0.1, 0.15) is 31.7 Å². The van der Waals surface area contributed by atoms with Crippen LogP contribution >= 0.6 is 22.6 Å². The molecule has 8 nitrogen and oxygen atoms in total. The summed E-state index contributed by atoms with van der Waals surface area (Å²) >= 11 is 2.11. The predicted molar refractivity (Wildman–Crippen MR) is 102 cm³/mol. The zero-order valence-corrected chi connectivity index (χ0v) is 15.6. The summed E-state index contributed by atoms with van der Waals surface area (Å²) < 4.78 is 1.91. The summed E-state index contributed by atoms with van der Waals surface area (Å²) in [6.45, 7) is 1.96. The monoisotopic (exact) mass is 456 g/mol. The molecular weight excluding hydrogens is 439 g/mol. The van der Waals surface area contributed by atoms with Gasteiger partial charge in [0.2, 0.25) is 11.8 Å². The van der Waals surface area contributed by atoms with Gasteiger partial charge in [0.25, 0.3) is 5.56 Å². The lowest BCUT2D eigenvalue weighted by atomic mass is 10.2. The maximum absolute atomic E-state index is 12.0. The van der Waals surface area contributed by atoms with Crippen LogP contribution in [-0.2, 0) is 4.79 Å². The number of aromatic nitrogens is 2. The van der Waals surface area contributed by atoms with Gasteiger partial charge in [-0.25, -0.2) is 14.8 Å². The quantitative estimate of drug-likeness (QED) is 0.347. The van der Waals surface area contributed by atoms with Crippen molar-refractivity contribution in [1.29, 1.82) is 0 Å². The van der Waals surface area contributed by atoms with Gasteiger partial charge in [0, 0.05) is 9.99 Å². The van der Waals surface area contributed by atoms with E-state index in [1.165, 1.54) is 0 Å². The van der Waals surface area contributed by atoms with E-state index in [-0.39, 0.29) is 11.5 Å². The fourth-order valence-electron chi connectivity index (χ4n) is 2.05. The van der Waals surface area contributed by atoms with Gasteiger partial charge < -0.3 is 5.11 Å². The topological polar surface area (TPSA) is 117 Å². The minimum Gasteiger partial charge on any atom is -0.493 e. The van der Waals surface area contributed by atoms with Crippen LogP contribution in [0.2, 0.25) is 0 Å². The normalized spacial score (nSPS) is 11.0. The van der Waals surface area contributed by atoms with E-state index in [4.69, 9.17) is 0 Å². The number of hydrogen-bond acceptors (Lipinski definition) is 5. The number of carbonyl (C=O) groups is 1. The first-order chi connectivity index (χ1) is 11.9. The highest BCUT2D eigenvalue weighted by Gasteiger charge is 2.14.